The van der Waals surface area contributed by atoms with E-state index >= 15 is 0 Å². The third kappa shape index (κ3) is 4.10. The zero-order valence-electron chi connectivity index (χ0n) is 13.9. The molecule has 0 aliphatic carbocycles. The van der Waals surface area contributed by atoms with Gasteiger partial charge in [0.2, 0.25) is 0 Å². The van der Waals surface area contributed by atoms with Crippen LogP contribution < -0.4 is 10.7 Å². The van der Waals surface area contributed by atoms with Crippen molar-refractivity contribution in [3.8, 4) is 0 Å². The van der Waals surface area contributed by atoms with Gasteiger partial charge >= 0.3 is 0 Å². The molecule has 0 radical (unpaired) electrons. The van der Waals surface area contributed by atoms with Crippen molar-refractivity contribution in [1.82, 2.24) is 25.0 Å². The molecule has 130 valence electrons. The van der Waals surface area contributed by atoms with Crippen LogP contribution in [0.15, 0.2) is 10.5 Å². The summed E-state index contributed by atoms with van der Waals surface area (Å²) in [7, 11) is 0. The van der Waals surface area contributed by atoms with Crippen LogP contribution in [0.5, 0.6) is 0 Å². The van der Waals surface area contributed by atoms with Crippen molar-refractivity contribution in [2.24, 2.45) is 5.10 Å². The first-order chi connectivity index (χ1) is 11.6. The van der Waals surface area contributed by atoms with E-state index in [0.717, 1.165) is 61.4 Å². The monoisotopic (exact) mass is 366 g/mol. The molecule has 0 saturated carbocycles. The lowest BCUT2D eigenvalue weighted by atomic mass is 10.3. The van der Waals surface area contributed by atoms with Crippen LogP contribution in [-0.4, -0.2) is 65.0 Å². The van der Waals surface area contributed by atoms with Gasteiger partial charge in [-0.25, -0.2) is 4.98 Å². The number of hydrazone groups is 1. The number of hydrogen-bond donors (Lipinski definition) is 2. The summed E-state index contributed by atoms with van der Waals surface area (Å²) in [6, 6.07) is 0. The lowest BCUT2D eigenvalue weighted by molar-refractivity contribution is 0.0389. The van der Waals surface area contributed by atoms with Crippen LogP contribution >= 0.6 is 23.6 Å². The van der Waals surface area contributed by atoms with Gasteiger partial charge in [0.05, 0.1) is 30.8 Å². The highest BCUT2D eigenvalue weighted by atomic mass is 32.1. The summed E-state index contributed by atoms with van der Waals surface area (Å²) in [5, 5.41) is 10.0. The second-order valence-corrected chi connectivity index (χ2v) is 6.90. The van der Waals surface area contributed by atoms with Gasteiger partial charge in [-0.3, -0.25) is 14.7 Å². The molecule has 3 heterocycles. The largest absolute Gasteiger partial charge is 0.379 e. The van der Waals surface area contributed by atoms with E-state index in [-0.39, 0.29) is 0 Å². The first-order valence-corrected chi connectivity index (χ1v) is 9.24. The Labute approximate surface area is 150 Å². The van der Waals surface area contributed by atoms with Crippen molar-refractivity contribution < 1.29 is 4.74 Å². The number of thiazole rings is 1. The van der Waals surface area contributed by atoms with Crippen molar-refractivity contribution in [3.05, 3.63) is 22.5 Å². The molecule has 9 heteroatoms. The molecule has 7 nitrogen and oxygen atoms in total. The summed E-state index contributed by atoms with van der Waals surface area (Å²) >= 11 is 6.89. The molecule has 3 rings (SSSR count). The standard InChI is InChI=1S/C15H22N6OS2/c1-11-10-24-15-18-12(2)13(21(11)15)9-17-19-14(23)16-3-4-20-5-7-22-8-6-20/h9-10H,3-8H2,1-2H3,(H2,16,19,23)/b17-9-. The molecule has 1 aliphatic heterocycles. The molecule has 2 aromatic rings. The average Bonchev–Trinajstić information content (AvgIpc) is 3.08. The number of ether oxygens (including phenoxy) is 1. The molecule has 0 bridgehead atoms. The zero-order valence-corrected chi connectivity index (χ0v) is 15.5. The molecule has 1 aliphatic rings. The number of morpholine rings is 1. The van der Waals surface area contributed by atoms with E-state index < -0.39 is 0 Å². The highest BCUT2D eigenvalue weighted by Crippen LogP contribution is 2.18. The van der Waals surface area contributed by atoms with Crippen LogP contribution in [0.2, 0.25) is 0 Å². The maximum absolute atomic E-state index is 5.33. The van der Waals surface area contributed by atoms with Gasteiger partial charge in [0, 0.05) is 37.3 Å². The predicted octanol–water partition coefficient (Wildman–Crippen LogP) is 1.14. The van der Waals surface area contributed by atoms with E-state index in [0.29, 0.717) is 5.11 Å². The topological polar surface area (TPSA) is 66.2 Å². The fourth-order valence-corrected chi connectivity index (χ4v) is 3.69. The van der Waals surface area contributed by atoms with E-state index in [2.05, 4.69) is 42.4 Å². The minimum atomic E-state index is 0.528. The number of aromatic nitrogens is 2. The summed E-state index contributed by atoms with van der Waals surface area (Å²) in [6.07, 6.45) is 1.77. The van der Waals surface area contributed by atoms with E-state index in [1.165, 1.54) is 0 Å². The smallest absolute Gasteiger partial charge is 0.194 e. The summed E-state index contributed by atoms with van der Waals surface area (Å²) in [6.45, 7) is 9.38. The Morgan fingerprint density at radius 1 is 1.46 bits per heavy atom. The Kier molecular flexibility index (Phi) is 5.77. The van der Waals surface area contributed by atoms with E-state index in [1.807, 2.05) is 6.92 Å². The molecule has 1 fully saturated rings. The Hall–Kier alpha value is -1.55. The Balaban J connectivity index is 1.47. The molecule has 0 aromatic carbocycles. The summed E-state index contributed by atoms with van der Waals surface area (Å²) in [4.78, 5) is 7.87. The molecule has 0 atom stereocenters. The third-order valence-corrected chi connectivity index (χ3v) is 5.10. The summed E-state index contributed by atoms with van der Waals surface area (Å²) in [5.74, 6) is 0. The second-order valence-electron chi connectivity index (χ2n) is 5.66. The number of nitrogens with one attached hydrogen (secondary N) is 2. The minimum Gasteiger partial charge on any atom is -0.379 e. The summed E-state index contributed by atoms with van der Waals surface area (Å²) in [5.41, 5.74) is 5.97. The van der Waals surface area contributed by atoms with Crippen molar-refractivity contribution in [1.29, 1.82) is 0 Å². The number of fused-ring (bicyclic) bond motifs is 1. The van der Waals surface area contributed by atoms with Crippen LogP contribution in [0, 0.1) is 13.8 Å². The number of aryl methyl sites for hydroxylation is 2. The molecule has 0 unspecified atom stereocenters. The number of rotatable bonds is 5. The molecule has 2 aromatic heterocycles. The Morgan fingerprint density at radius 2 is 2.25 bits per heavy atom. The van der Waals surface area contributed by atoms with Gasteiger partial charge in [0.1, 0.15) is 0 Å². The average molecular weight is 367 g/mol. The van der Waals surface area contributed by atoms with Crippen molar-refractivity contribution in [2.75, 3.05) is 39.4 Å². The van der Waals surface area contributed by atoms with Crippen molar-refractivity contribution in [2.45, 2.75) is 13.8 Å². The van der Waals surface area contributed by atoms with Gasteiger partial charge in [-0.15, -0.1) is 11.3 Å². The fourth-order valence-electron chi connectivity index (χ4n) is 2.62. The van der Waals surface area contributed by atoms with Crippen LogP contribution in [0.3, 0.4) is 0 Å². The van der Waals surface area contributed by atoms with Gasteiger partial charge < -0.3 is 10.1 Å². The minimum absolute atomic E-state index is 0.528. The molecule has 0 amide bonds. The number of nitrogens with zero attached hydrogens (tertiary/aromatic N) is 4. The zero-order chi connectivity index (χ0) is 16.9. The number of thiocarbonyl (C=S) groups is 1. The molecule has 2 N–H and O–H groups in total. The van der Waals surface area contributed by atoms with Crippen molar-refractivity contribution in [3.63, 3.8) is 0 Å². The van der Waals surface area contributed by atoms with E-state index in [1.54, 1.807) is 17.6 Å². The quantitative estimate of drug-likeness (QED) is 0.470. The highest BCUT2D eigenvalue weighted by molar-refractivity contribution is 7.80. The van der Waals surface area contributed by atoms with Crippen LogP contribution in [-0.2, 0) is 4.74 Å². The second kappa shape index (κ2) is 8.02. The number of imidazole rings is 1. The first-order valence-electron chi connectivity index (χ1n) is 7.95. The molecular formula is C15H22N6OS2. The van der Waals surface area contributed by atoms with Crippen molar-refractivity contribution >= 4 is 39.8 Å². The van der Waals surface area contributed by atoms with E-state index in [9.17, 15) is 0 Å². The van der Waals surface area contributed by atoms with Gasteiger partial charge in [-0.2, -0.15) is 5.10 Å². The first kappa shape index (κ1) is 17.3. The molecular weight excluding hydrogens is 344 g/mol. The van der Waals surface area contributed by atoms with Crippen LogP contribution in [0.4, 0.5) is 0 Å². The third-order valence-electron chi connectivity index (χ3n) is 3.92. The fraction of sp³-hybridized carbons (Fsp3) is 0.533. The highest BCUT2D eigenvalue weighted by Gasteiger charge is 2.11. The van der Waals surface area contributed by atoms with Gasteiger partial charge in [0.15, 0.2) is 10.1 Å². The SMILES string of the molecule is Cc1nc2scc(C)n2c1/C=N\NC(=S)NCCN1CCOCC1. The lowest BCUT2D eigenvalue weighted by Crippen LogP contribution is -2.42. The normalized spacial score (nSPS) is 16.1. The Bertz CT molecular complexity index is 732. The summed E-state index contributed by atoms with van der Waals surface area (Å²) < 4.78 is 7.43. The maximum atomic E-state index is 5.33. The molecule has 24 heavy (non-hydrogen) atoms. The molecule has 0 spiro atoms. The van der Waals surface area contributed by atoms with Gasteiger partial charge in [-0.1, -0.05) is 0 Å². The Morgan fingerprint density at radius 3 is 3.04 bits per heavy atom. The van der Waals surface area contributed by atoms with Crippen LogP contribution in [0.25, 0.3) is 4.96 Å². The lowest BCUT2D eigenvalue weighted by Gasteiger charge is -2.26. The molecule has 1 saturated heterocycles. The van der Waals surface area contributed by atoms with E-state index in [4.69, 9.17) is 17.0 Å². The van der Waals surface area contributed by atoms with Gasteiger partial charge in [0.25, 0.3) is 0 Å². The number of hydrogen-bond acceptors (Lipinski definition) is 6. The predicted molar refractivity (Wildman–Crippen MR) is 101 cm³/mol. The van der Waals surface area contributed by atoms with Gasteiger partial charge in [-0.05, 0) is 26.1 Å². The maximum Gasteiger partial charge on any atom is 0.194 e. The van der Waals surface area contributed by atoms with Crippen LogP contribution in [0.1, 0.15) is 17.1 Å².